The molecule has 706 valence electrons. The fourth-order valence-electron chi connectivity index (χ4n) is 25.5. The third-order valence-electron chi connectivity index (χ3n) is 32.4. The van der Waals surface area contributed by atoms with Crippen molar-refractivity contribution in [3.8, 4) is 135 Å². The highest BCUT2D eigenvalue weighted by molar-refractivity contribution is 7.26. The minimum atomic E-state index is -2.05. The zero-order valence-corrected chi connectivity index (χ0v) is 87.4. The zero-order valence-electron chi connectivity index (χ0n) is 83.6. The van der Waals surface area contributed by atoms with Gasteiger partial charge in [-0.3, -0.25) is 0 Å². The molecule has 0 spiro atoms. The molecule has 14 heteroatoms. The first kappa shape index (κ1) is 88.0. The van der Waals surface area contributed by atoms with E-state index in [1.807, 2.05) is 29.5 Å². The van der Waals surface area contributed by atoms with Gasteiger partial charge in [0.2, 0.25) is 0 Å². The van der Waals surface area contributed by atoms with E-state index in [9.17, 15) is 0 Å². The van der Waals surface area contributed by atoms with E-state index in [2.05, 4.69) is 502 Å². The van der Waals surface area contributed by atoms with Gasteiger partial charge in [-0.1, -0.05) is 405 Å². The van der Waals surface area contributed by atoms with Crippen LogP contribution in [0.5, 0.6) is 0 Å². The topological polar surface area (TPSA) is 97.1 Å². The lowest BCUT2D eigenvalue weighted by Crippen LogP contribution is -2.50. The standard InChI is InChI=1S/C48H34N4Si.C45H35N3Si.C42H29N3SSi/c1-53(2)42-24-14-11-21-38(42)44-45(49-47(50-48(44)53)32-15-5-3-6-16-32)31-25-27-34(28-26-31)51-40-23-13-10-20-37(40)43-41(51)30-29-36-35-19-9-12-22-39(35)52(46(36)43)33-17-7-4-8-18-33;1-45(2)35-19-11-8-16-31(35)32-26-27-37-39(41(32)45)33-17-9-12-20-36(33)48(37)30-24-22-28(23-25-30)42-40-34-18-10-13-21-38(34)49(3,4)44(40)47-43(46-42)29-14-6-5-7-15-29;1-47(2)36-19-11-8-16-32(36)38-39(43-41(44-42(38)47)27-12-4-3-5-13-27)26-20-22-28(23-21-26)45-33-17-9-6-15-31(33)37-34(45)25-24-30-29-14-7-10-18-35(29)46-40(30)37/h3-30H,1-2H3;5-27H,1-4H3;3-25H,1-2H3. The van der Waals surface area contributed by atoms with Gasteiger partial charge in [-0.2, -0.15) is 0 Å². The van der Waals surface area contributed by atoms with Crippen molar-refractivity contribution in [2.75, 3.05) is 0 Å². The molecule has 0 saturated carbocycles. The van der Waals surface area contributed by atoms with E-state index < -0.39 is 24.2 Å². The highest BCUT2D eigenvalue weighted by Gasteiger charge is 2.46. The molecular weight excluding hydrogens is 1880 g/mol. The van der Waals surface area contributed by atoms with Crippen molar-refractivity contribution in [2.45, 2.75) is 58.5 Å². The van der Waals surface area contributed by atoms with E-state index in [-0.39, 0.29) is 5.41 Å². The predicted molar refractivity (Wildman–Crippen MR) is 633 cm³/mol. The second-order valence-corrected chi connectivity index (χ2v) is 56.0. The number of nitrogens with zero attached hydrogens (tertiary/aromatic N) is 10. The van der Waals surface area contributed by atoms with Gasteiger partial charge in [0, 0.05) is 157 Å². The molecule has 0 fully saturated rings. The van der Waals surface area contributed by atoms with Gasteiger partial charge in [0.05, 0.1) is 61.2 Å². The van der Waals surface area contributed by atoms with Crippen LogP contribution in [-0.4, -0.2) is 72.4 Å². The summed E-state index contributed by atoms with van der Waals surface area (Å²) >= 11 is 1.90. The Morgan fingerprint density at radius 2 is 0.544 bits per heavy atom. The van der Waals surface area contributed by atoms with Crippen LogP contribution in [-0.2, 0) is 5.41 Å². The van der Waals surface area contributed by atoms with E-state index in [4.69, 9.17) is 29.9 Å². The van der Waals surface area contributed by atoms with Crippen LogP contribution in [0.3, 0.4) is 0 Å². The fraction of sp³-hybridized carbons (Fsp3) is 0.0667. The van der Waals surface area contributed by atoms with Crippen molar-refractivity contribution in [3.63, 3.8) is 0 Å². The highest BCUT2D eigenvalue weighted by Crippen LogP contribution is 2.55. The van der Waals surface area contributed by atoms with E-state index >= 15 is 0 Å². The first-order valence-electron chi connectivity index (χ1n) is 51.6. The Bertz CT molecular complexity index is 10300. The SMILES string of the molecule is CC1(C)c2ccccc2-c2ccc3c(c21)c1ccccc1n3-c1ccc(-c2nc(-c3ccccc3)nc3c2-c2ccccc2[Si]3(C)C)cc1.C[Si]1(C)c2ccccc2-c2c(-c3ccc(-n4c5ccccc5c5c4ccc4c6ccccc6n(-c6ccccc6)c45)cc3)nc(-c3ccccc3)nc21.C[Si]1(C)c2ccccc2-c2c(-c3ccc(-n4c5ccccc5c5c6sc7ccccc7c6ccc54)cc3)nc(-c3ccccc3)nc21. The van der Waals surface area contributed by atoms with Crippen LogP contribution >= 0.6 is 11.3 Å². The Kier molecular flexibility index (Phi) is 19.8. The molecule has 10 nitrogen and oxygen atoms in total. The normalized spacial score (nSPS) is 13.9. The summed E-state index contributed by atoms with van der Waals surface area (Å²) in [6.45, 7) is 19.3. The Balaban J connectivity index is 0.000000105. The van der Waals surface area contributed by atoms with Crippen molar-refractivity contribution >= 4 is 174 Å². The lowest BCUT2D eigenvalue weighted by atomic mass is 9.80. The summed E-state index contributed by atoms with van der Waals surface area (Å²) < 4.78 is 12.4. The van der Waals surface area contributed by atoms with Crippen molar-refractivity contribution in [1.82, 2.24) is 48.2 Å². The van der Waals surface area contributed by atoms with Gasteiger partial charge >= 0.3 is 0 Å². The minimum Gasteiger partial charge on any atom is -0.309 e. The first-order chi connectivity index (χ1) is 73.0. The van der Waals surface area contributed by atoms with Gasteiger partial charge in [0.15, 0.2) is 17.5 Å². The summed E-state index contributed by atoms with van der Waals surface area (Å²) in [5, 5.41) is 20.9. The molecule has 27 aromatic rings. The maximum atomic E-state index is 5.34. The second-order valence-electron chi connectivity index (χ2n) is 42.2. The highest BCUT2D eigenvalue weighted by atomic mass is 32.1. The van der Waals surface area contributed by atoms with Gasteiger partial charge in [0.25, 0.3) is 0 Å². The monoisotopic (exact) mass is 1970 g/mol. The van der Waals surface area contributed by atoms with E-state index in [1.54, 1.807) is 0 Å². The summed E-state index contributed by atoms with van der Waals surface area (Å²) in [5.41, 5.74) is 36.6. The number of benzene rings is 19. The van der Waals surface area contributed by atoms with Gasteiger partial charge in [-0.25, -0.2) is 29.9 Å². The first-order valence-corrected chi connectivity index (χ1v) is 61.4. The average Bonchev–Trinajstić information content (AvgIpc) is 1.54. The molecule has 4 aliphatic rings. The number of rotatable bonds is 10. The number of para-hydroxylation sites is 5. The largest absolute Gasteiger partial charge is 0.309 e. The van der Waals surface area contributed by atoms with Crippen molar-refractivity contribution < 1.29 is 0 Å². The van der Waals surface area contributed by atoms with E-state index in [0.29, 0.717) is 0 Å². The average molecular weight is 1980 g/mol. The predicted octanol–water partition coefficient (Wildman–Crippen LogP) is 30.9. The Hall–Kier alpha value is -17.5. The van der Waals surface area contributed by atoms with Gasteiger partial charge in [0.1, 0.15) is 24.2 Å². The molecule has 0 saturated heterocycles. The number of thiophene rings is 1. The molecule has 3 aliphatic heterocycles. The molecule has 149 heavy (non-hydrogen) atoms. The Labute approximate surface area is 869 Å². The van der Waals surface area contributed by atoms with Crippen molar-refractivity contribution in [3.05, 3.63) is 460 Å². The number of hydrogen-bond donors (Lipinski definition) is 0. The number of hydrogen-bond acceptors (Lipinski definition) is 7. The molecule has 31 rings (SSSR count). The van der Waals surface area contributed by atoms with Crippen molar-refractivity contribution in [2.24, 2.45) is 0 Å². The van der Waals surface area contributed by atoms with Crippen LogP contribution in [0.25, 0.3) is 243 Å². The molecular formula is C135H98N10SSi3. The summed E-state index contributed by atoms with van der Waals surface area (Å²) in [6, 6.07) is 163. The van der Waals surface area contributed by atoms with Gasteiger partial charge in [-0.05, 0) is 152 Å². The number of aromatic nitrogens is 10. The number of fused-ring (bicyclic) bond motifs is 30. The maximum Gasteiger partial charge on any atom is 0.159 e. The Morgan fingerprint density at radius 3 is 0.987 bits per heavy atom. The molecule has 0 bridgehead atoms. The molecule has 1 aliphatic carbocycles. The molecule has 11 heterocycles. The third kappa shape index (κ3) is 13.3. The van der Waals surface area contributed by atoms with Crippen LogP contribution in [0.1, 0.15) is 25.0 Å². The summed E-state index contributed by atoms with van der Waals surface area (Å²) in [4.78, 5) is 31.9. The lowest BCUT2D eigenvalue weighted by Gasteiger charge is -2.22. The van der Waals surface area contributed by atoms with Crippen LogP contribution in [0.15, 0.2) is 449 Å². The minimum absolute atomic E-state index is 0.0958. The molecule has 0 amide bonds. The van der Waals surface area contributed by atoms with Crippen LogP contribution in [0.2, 0.25) is 39.3 Å². The smallest absolute Gasteiger partial charge is 0.159 e. The molecule has 0 N–H and O–H groups in total. The second kappa shape index (κ2) is 33.5. The third-order valence-corrected chi connectivity index (χ3v) is 43.6. The van der Waals surface area contributed by atoms with E-state index in [1.165, 1.54) is 195 Å². The molecule has 0 radical (unpaired) electrons. The molecule has 0 unspecified atom stereocenters. The molecule has 8 aromatic heterocycles. The molecule has 19 aromatic carbocycles. The van der Waals surface area contributed by atoms with Gasteiger partial charge in [-0.15, -0.1) is 11.3 Å². The fourth-order valence-corrected chi connectivity index (χ4v) is 35.5. The van der Waals surface area contributed by atoms with Crippen LogP contribution in [0.4, 0.5) is 0 Å². The lowest BCUT2D eigenvalue weighted by molar-refractivity contribution is 0.666. The van der Waals surface area contributed by atoms with E-state index in [0.717, 1.165) is 90.7 Å². The summed E-state index contributed by atoms with van der Waals surface area (Å²) in [7, 11) is -6.09. The molecule has 0 atom stereocenters. The summed E-state index contributed by atoms with van der Waals surface area (Å²) in [6.07, 6.45) is 0. The summed E-state index contributed by atoms with van der Waals surface area (Å²) in [5.74, 6) is 2.38. The zero-order chi connectivity index (χ0) is 99.6. The maximum absolute atomic E-state index is 5.34. The Morgan fingerprint density at radius 1 is 0.221 bits per heavy atom. The van der Waals surface area contributed by atoms with Gasteiger partial charge < -0.3 is 18.3 Å². The van der Waals surface area contributed by atoms with Crippen molar-refractivity contribution in [1.29, 1.82) is 0 Å². The van der Waals surface area contributed by atoms with Crippen LogP contribution in [0, 0.1) is 0 Å². The van der Waals surface area contributed by atoms with Crippen LogP contribution < -0.4 is 31.5 Å². The quantitative estimate of drug-likeness (QED) is 0.127.